The van der Waals surface area contributed by atoms with Crippen molar-refractivity contribution in [3.8, 4) is 0 Å². The van der Waals surface area contributed by atoms with Crippen LogP contribution in [0.4, 0.5) is 11.4 Å². The molecule has 2 rings (SSSR count). The monoisotopic (exact) mass is 263 g/mol. The van der Waals surface area contributed by atoms with Gasteiger partial charge in [0.05, 0.1) is 11.5 Å². The van der Waals surface area contributed by atoms with Gasteiger partial charge in [0.1, 0.15) is 0 Å². The molecular formula is C13H17N3O3. The van der Waals surface area contributed by atoms with Crippen molar-refractivity contribution in [2.75, 3.05) is 11.9 Å². The van der Waals surface area contributed by atoms with Crippen molar-refractivity contribution >= 4 is 17.3 Å². The second-order valence-corrected chi connectivity index (χ2v) is 4.71. The van der Waals surface area contributed by atoms with Gasteiger partial charge in [0.15, 0.2) is 0 Å². The number of hydrogen-bond donors (Lipinski definition) is 2. The van der Waals surface area contributed by atoms with Gasteiger partial charge in [-0.1, -0.05) is 12.8 Å². The van der Waals surface area contributed by atoms with E-state index in [2.05, 4.69) is 10.6 Å². The quantitative estimate of drug-likeness (QED) is 0.629. The molecule has 0 radical (unpaired) electrons. The summed E-state index contributed by atoms with van der Waals surface area (Å²) in [6.45, 7) is 0.279. The minimum absolute atomic E-state index is 0.0158. The van der Waals surface area contributed by atoms with E-state index in [1.54, 1.807) is 0 Å². The van der Waals surface area contributed by atoms with E-state index in [9.17, 15) is 14.9 Å². The SMILES string of the molecule is O=C(CNC1CCCC1)Nc1ccc([N+](=O)[O-])cc1. The second-order valence-electron chi connectivity index (χ2n) is 4.71. The van der Waals surface area contributed by atoms with E-state index in [4.69, 9.17) is 0 Å². The number of nitro groups is 1. The first-order chi connectivity index (χ1) is 9.15. The number of nitrogens with zero attached hydrogens (tertiary/aromatic N) is 1. The van der Waals surface area contributed by atoms with Gasteiger partial charge in [-0.05, 0) is 25.0 Å². The number of rotatable bonds is 5. The Morgan fingerprint density at radius 3 is 2.47 bits per heavy atom. The van der Waals surface area contributed by atoms with Crippen LogP contribution >= 0.6 is 0 Å². The number of nitro benzene ring substituents is 1. The highest BCUT2D eigenvalue weighted by Gasteiger charge is 2.15. The topological polar surface area (TPSA) is 84.3 Å². The molecule has 0 atom stereocenters. The van der Waals surface area contributed by atoms with Gasteiger partial charge in [-0.3, -0.25) is 14.9 Å². The number of hydrogen-bond acceptors (Lipinski definition) is 4. The van der Waals surface area contributed by atoms with Crippen molar-refractivity contribution in [3.05, 3.63) is 34.4 Å². The highest BCUT2D eigenvalue weighted by molar-refractivity contribution is 5.92. The summed E-state index contributed by atoms with van der Waals surface area (Å²) in [5, 5.41) is 16.4. The molecule has 6 nitrogen and oxygen atoms in total. The summed E-state index contributed by atoms with van der Waals surface area (Å²) in [6.07, 6.45) is 4.71. The first-order valence-corrected chi connectivity index (χ1v) is 6.43. The lowest BCUT2D eigenvalue weighted by molar-refractivity contribution is -0.384. The summed E-state index contributed by atoms with van der Waals surface area (Å²) in [5.74, 6) is -0.124. The number of carbonyl (C=O) groups excluding carboxylic acids is 1. The van der Waals surface area contributed by atoms with Gasteiger partial charge < -0.3 is 10.6 Å². The maximum absolute atomic E-state index is 11.7. The Labute approximate surface area is 111 Å². The smallest absolute Gasteiger partial charge is 0.269 e. The van der Waals surface area contributed by atoms with Crippen LogP contribution in [-0.4, -0.2) is 23.4 Å². The Bertz CT molecular complexity index is 453. The predicted molar refractivity (Wildman–Crippen MR) is 72.0 cm³/mol. The van der Waals surface area contributed by atoms with Crippen LogP contribution in [0, 0.1) is 10.1 Å². The summed E-state index contributed by atoms with van der Waals surface area (Å²) in [4.78, 5) is 21.7. The zero-order chi connectivity index (χ0) is 13.7. The van der Waals surface area contributed by atoms with Crippen LogP contribution in [0.2, 0.25) is 0 Å². The number of amides is 1. The average Bonchev–Trinajstić information content (AvgIpc) is 2.90. The molecule has 0 aliphatic heterocycles. The van der Waals surface area contributed by atoms with E-state index in [-0.39, 0.29) is 18.1 Å². The molecule has 1 aromatic carbocycles. The molecular weight excluding hydrogens is 246 g/mol. The number of non-ortho nitro benzene ring substituents is 1. The molecule has 1 saturated carbocycles. The predicted octanol–water partition coefficient (Wildman–Crippen LogP) is 2.07. The van der Waals surface area contributed by atoms with Crippen LogP contribution in [0.5, 0.6) is 0 Å². The molecule has 102 valence electrons. The molecule has 0 spiro atoms. The van der Waals surface area contributed by atoms with E-state index in [1.807, 2.05) is 0 Å². The van der Waals surface area contributed by atoms with E-state index in [1.165, 1.54) is 37.1 Å². The Morgan fingerprint density at radius 1 is 1.26 bits per heavy atom. The molecule has 19 heavy (non-hydrogen) atoms. The molecule has 1 aliphatic carbocycles. The largest absolute Gasteiger partial charge is 0.325 e. The minimum Gasteiger partial charge on any atom is -0.325 e. The maximum Gasteiger partial charge on any atom is 0.269 e. The van der Waals surface area contributed by atoms with Crippen molar-refractivity contribution in [2.45, 2.75) is 31.7 Å². The third-order valence-corrected chi connectivity index (χ3v) is 3.27. The second kappa shape index (κ2) is 6.29. The standard InChI is InChI=1S/C13H17N3O3/c17-13(9-14-10-3-1-2-4-10)15-11-5-7-12(8-6-11)16(18)19/h5-8,10,14H,1-4,9H2,(H,15,17). The van der Waals surface area contributed by atoms with Gasteiger partial charge in [0, 0.05) is 23.9 Å². The molecule has 0 saturated heterocycles. The van der Waals surface area contributed by atoms with Crippen molar-refractivity contribution < 1.29 is 9.72 Å². The lowest BCUT2D eigenvalue weighted by atomic mass is 10.2. The molecule has 1 aliphatic rings. The normalized spacial score (nSPS) is 15.4. The Morgan fingerprint density at radius 2 is 1.89 bits per heavy atom. The van der Waals surface area contributed by atoms with Crippen LogP contribution < -0.4 is 10.6 Å². The summed E-state index contributed by atoms with van der Waals surface area (Å²) < 4.78 is 0. The highest BCUT2D eigenvalue weighted by Crippen LogP contribution is 2.17. The molecule has 0 bridgehead atoms. The van der Waals surface area contributed by atoms with Crippen LogP contribution in [0.1, 0.15) is 25.7 Å². The van der Waals surface area contributed by atoms with Gasteiger partial charge in [0.2, 0.25) is 5.91 Å². The van der Waals surface area contributed by atoms with Gasteiger partial charge in [-0.2, -0.15) is 0 Å². The molecule has 1 amide bonds. The zero-order valence-electron chi connectivity index (χ0n) is 10.6. The lowest BCUT2D eigenvalue weighted by Crippen LogP contribution is -2.34. The molecule has 1 aromatic rings. The number of benzene rings is 1. The number of carbonyl (C=O) groups is 1. The van der Waals surface area contributed by atoms with Crippen LogP contribution in [0.15, 0.2) is 24.3 Å². The summed E-state index contributed by atoms with van der Waals surface area (Å²) in [7, 11) is 0. The molecule has 6 heteroatoms. The molecule has 0 heterocycles. The van der Waals surface area contributed by atoms with Gasteiger partial charge >= 0.3 is 0 Å². The third kappa shape index (κ3) is 4.03. The molecule has 2 N–H and O–H groups in total. The first-order valence-electron chi connectivity index (χ1n) is 6.43. The Kier molecular flexibility index (Phi) is 4.46. The zero-order valence-corrected chi connectivity index (χ0v) is 10.6. The fraction of sp³-hybridized carbons (Fsp3) is 0.462. The van der Waals surface area contributed by atoms with E-state index in [0.29, 0.717) is 11.7 Å². The highest BCUT2D eigenvalue weighted by atomic mass is 16.6. The first kappa shape index (κ1) is 13.5. The van der Waals surface area contributed by atoms with Crippen molar-refractivity contribution in [1.82, 2.24) is 5.32 Å². The molecule has 0 unspecified atom stereocenters. The fourth-order valence-electron chi connectivity index (χ4n) is 2.24. The van der Waals surface area contributed by atoms with E-state index >= 15 is 0 Å². The number of anilines is 1. The van der Waals surface area contributed by atoms with Crippen molar-refractivity contribution in [1.29, 1.82) is 0 Å². The van der Waals surface area contributed by atoms with Gasteiger partial charge in [-0.15, -0.1) is 0 Å². The van der Waals surface area contributed by atoms with Gasteiger partial charge in [-0.25, -0.2) is 0 Å². The van der Waals surface area contributed by atoms with Crippen molar-refractivity contribution in [2.24, 2.45) is 0 Å². The molecule has 1 fully saturated rings. The summed E-state index contributed by atoms with van der Waals surface area (Å²) >= 11 is 0. The number of nitrogens with one attached hydrogen (secondary N) is 2. The van der Waals surface area contributed by atoms with Crippen LogP contribution in [0.3, 0.4) is 0 Å². The lowest BCUT2D eigenvalue weighted by Gasteiger charge is -2.11. The molecule has 0 aromatic heterocycles. The third-order valence-electron chi connectivity index (χ3n) is 3.27. The average molecular weight is 263 g/mol. The van der Waals surface area contributed by atoms with Crippen molar-refractivity contribution in [3.63, 3.8) is 0 Å². The van der Waals surface area contributed by atoms with E-state index < -0.39 is 4.92 Å². The summed E-state index contributed by atoms with van der Waals surface area (Å²) in [5.41, 5.74) is 0.589. The minimum atomic E-state index is -0.465. The van der Waals surface area contributed by atoms with Crippen LogP contribution in [0.25, 0.3) is 0 Å². The Balaban J connectivity index is 1.79. The van der Waals surface area contributed by atoms with Crippen LogP contribution in [-0.2, 0) is 4.79 Å². The maximum atomic E-state index is 11.7. The van der Waals surface area contributed by atoms with Gasteiger partial charge in [0.25, 0.3) is 5.69 Å². The fourth-order valence-corrected chi connectivity index (χ4v) is 2.24. The van der Waals surface area contributed by atoms with E-state index in [0.717, 1.165) is 12.8 Å². The Hall–Kier alpha value is -1.95. The summed E-state index contributed by atoms with van der Waals surface area (Å²) in [6, 6.07) is 6.26.